The second-order valence-electron chi connectivity index (χ2n) is 5.21. The van der Waals surface area contributed by atoms with Gasteiger partial charge in [-0.25, -0.2) is 4.98 Å². The summed E-state index contributed by atoms with van der Waals surface area (Å²) in [5, 5.41) is 3.89. The molecule has 1 aliphatic carbocycles. The molecule has 2 heterocycles. The molecule has 1 saturated carbocycles. The highest BCUT2D eigenvalue weighted by Gasteiger charge is 2.39. The van der Waals surface area contributed by atoms with Crippen LogP contribution in [0.3, 0.4) is 0 Å². The number of rotatable bonds is 4. The first-order valence-corrected chi connectivity index (χ1v) is 7.65. The van der Waals surface area contributed by atoms with Crippen LogP contribution in [0.1, 0.15) is 19.3 Å². The van der Waals surface area contributed by atoms with Crippen molar-refractivity contribution < 1.29 is 4.79 Å². The van der Waals surface area contributed by atoms with Gasteiger partial charge in [-0.3, -0.25) is 4.79 Å². The van der Waals surface area contributed by atoms with E-state index in [1.54, 1.807) is 6.20 Å². The van der Waals surface area contributed by atoms with E-state index < -0.39 is 0 Å². The summed E-state index contributed by atoms with van der Waals surface area (Å²) < 4.78 is 0.850. The van der Waals surface area contributed by atoms with Gasteiger partial charge < -0.3 is 10.2 Å². The highest BCUT2D eigenvalue weighted by molar-refractivity contribution is 9.10. The molecule has 0 radical (unpaired) electrons. The molecule has 2 aliphatic rings. The van der Waals surface area contributed by atoms with E-state index in [9.17, 15) is 4.79 Å². The monoisotopic (exact) mass is 343 g/mol. The molecule has 2 fully saturated rings. The molecule has 1 aromatic heterocycles. The molecule has 1 amide bonds. The number of carbonyl (C=O) groups excluding carboxylic acids is 1. The third kappa shape index (κ3) is 3.03. The lowest BCUT2D eigenvalue weighted by atomic mass is 10.1. The molecule has 102 valence electrons. The summed E-state index contributed by atoms with van der Waals surface area (Å²) in [4.78, 5) is 18.1. The Morgan fingerprint density at radius 2 is 2.32 bits per heavy atom. The fourth-order valence-electron chi connectivity index (χ4n) is 2.47. The number of pyridine rings is 1. The van der Waals surface area contributed by atoms with Crippen molar-refractivity contribution in [1.82, 2.24) is 9.88 Å². The van der Waals surface area contributed by atoms with E-state index in [4.69, 9.17) is 11.6 Å². The second-order valence-corrected chi connectivity index (χ2v) is 6.50. The summed E-state index contributed by atoms with van der Waals surface area (Å²) in [5.41, 5.74) is 0. The minimum atomic E-state index is 0.303. The zero-order valence-corrected chi connectivity index (χ0v) is 12.7. The molecule has 3 rings (SSSR count). The van der Waals surface area contributed by atoms with Gasteiger partial charge in [0.1, 0.15) is 5.82 Å². The van der Waals surface area contributed by atoms with Crippen LogP contribution in [0.15, 0.2) is 16.7 Å². The van der Waals surface area contributed by atoms with Gasteiger partial charge >= 0.3 is 0 Å². The molecule has 6 heteroatoms. The lowest BCUT2D eigenvalue weighted by Crippen LogP contribution is -2.28. The molecule has 4 nitrogen and oxygen atoms in total. The molecule has 1 saturated heterocycles. The maximum absolute atomic E-state index is 11.8. The van der Waals surface area contributed by atoms with Crippen molar-refractivity contribution in [2.45, 2.75) is 25.3 Å². The van der Waals surface area contributed by atoms with E-state index in [-0.39, 0.29) is 0 Å². The molecule has 0 bridgehead atoms. The molecule has 1 aliphatic heterocycles. The zero-order valence-electron chi connectivity index (χ0n) is 10.4. The van der Waals surface area contributed by atoms with Gasteiger partial charge in [0.05, 0.1) is 9.50 Å². The SMILES string of the molecule is O=C1CC(CNc2ncc(Cl)cc2Br)CN1C1CC1. The third-order valence-corrected chi connectivity index (χ3v) is 4.40. The molecule has 1 unspecified atom stereocenters. The van der Waals surface area contributed by atoms with Gasteiger partial charge in [0, 0.05) is 37.7 Å². The van der Waals surface area contributed by atoms with Crippen LogP contribution in [0, 0.1) is 5.92 Å². The van der Waals surface area contributed by atoms with Crippen molar-refractivity contribution in [1.29, 1.82) is 0 Å². The predicted molar refractivity (Wildman–Crippen MR) is 78.3 cm³/mol. The number of carbonyl (C=O) groups is 1. The molecular formula is C13H15BrClN3O. The van der Waals surface area contributed by atoms with Crippen molar-refractivity contribution in [3.8, 4) is 0 Å². The van der Waals surface area contributed by atoms with Crippen molar-refractivity contribution in [2.24, 2.45) is 5.92 Å². The Balaban J connectivity index is 1.56. The molecule has 1 N–H and O–H groups in total. The van der Waals surface area contributed by atoms with E-state index in [2.05, 4.69) is 26.2 Å². The van der Waals surface area contributed by atoms with Crippen LogP contribution in [0.25, 0.3) is 0 Å². The number of nitrogens with one attached hydrogen (secondary N) is 1. The summed E-state index contributed by atoms with van der Waals surface area (Å²) in [6.07, 6.45) is 4.62. The van der Waals surface area contributed by atoms with Gasteiger partial charge in [-0.05, 0) is 34.8 Å². The minimum absolute atomic E-state index is 0.303. The summed E-state index contributed by atoms with van der Waals surface area (Å²) in [5.74, 6) is 1.46. The Hall–Kier alpha value is -0.810. The first kappa shape index (κ1) is 13.2. The molecule has 1 aromatic rings. The number of likely N-dealkylation sites (tertiary alicyclic amines) is 1. The average molecular weight is 345 g/mol. The minimum Gasteiger partial charge on any atom is -0.369 e. The van der Waals surface area contributed by atoms with Crippen molar-refractivity contribution >= 4 is 39.3 Å². The Morgan fingerprint density at radius 3 is 3.00 bits per heavy atom. The first-order valence-electron chi connectivity index (χ1n) is 6.48. The number of hydrogen-bond donors (Lipinski definition) is 1. The Kier molecular flexibility index (Phi) is 3.67. The van der Waals surface area contributed by atoms with E-state index in [0.717, 1.165) is 23.4 Å². The number of aromatic nitrogens is 1. The topological polar surface area (TPSA) is 45.2 Å². The molecule has 0 aromatic carbocycles. The number of hydrogen-bond acceptors (Lipinski definition) is 3. The summed E-state index contributed by atoms with van der Waals surface area (Å²) in [7, 11) is 0. The molecule has 0 spiro atoms. The van der Waals surface area contributed by atoms with E-state index in [1.807, 2.05) is 11.0 Å². The van der Waals surface area contributed by atoms with E-state index in [0.29, 0.717) is 29.3 Å². The smallest absolute Gasteiger partial charge is 0.223 e. The summed E-state index contributed by atoms with van der Waals surface area (Å²) in [6, 6.07) is 2.34. The zero-order chi connectivity index (χ0) is 13.4. The normalized spacial score (nSPS) is 22.9. The molecule has 19 heavy (non-hydrogen) atoms. The van der Waals surface area contributed by atoms with Crippen LogP contribution < -0.4 is 5.32 Å². The van der Waals surface area contributed by atoms with Crippen LogP contribution in [0.2, 0.25) is 5.02 Å². The fourth-order valence-corrected chi connectivity index (χ4v) is 3.25. The van der Waals surface area contributed by atoms with Crippen LogP contribution in [-0.4, -0.2) is 34.9 Å². The standard InChI is InChI=1S/C13H15BrClN3O/c14-11-4-9(15)6-17-13(11)16-5-8-3-12(19)18(7-8)10-1-2-10/h4,6,8,10H,1-3,5,7H2,(H,16,17). The van der Waals surface area contributed by atoms with E-state index in [1.165, 1.54) is 12.8 Å². The Bertz CT molecular complexity index is 507. The molecule has 1 atom stereocenters. The van der Waals surface area contributed by atoms with Gasteiger partial charge in [-0.15, -0.1) is 0 Å². The van der Waals surface area contributed by atoms with Crippen LogP contribution >= 0.6 is 27.5 Å². The quantitative estimate of drug-likeness (QED) is 0.913. The average Bonchev–Trinajstić information content (AvgIpc) is 3.13. The third-order valence-electron chi connectivity index (χ3n) is 3.59. The van der Waals surface area contributed by atoms with Gasteiger partial charge in [0.2, 0.25) is 5.91 Å². The second kappa shape index (κ2) is 5.29. The summed E-state index contributed by atoms with van der Waals surface area (Å²) in [6.45, 7) is 1.64. The lowest BCUT2D eigenvalue weighted by Gasteiger charge is -2.16. The largest absolute Gasteiger partial charge is 0.369 e. The van der Waals surface area contributed by atoms with Crippen molar-refractivity contribution in [3.63, 3.8) is 0 Å². The van der Waals surface area contributed by atoms with E-state index >= 15 is 0 Å². The summed E-state index contributed by atoms with van der Waals surface area (Å²) >= 11 is 9.28. The van der Waals surface area contributed by atoms with Crippen LogP contribution in [-0.2, 0) is 4.79 Å². The Morgan fingerprint density at radius 1 is 1.53 bits per heavy atom. The fraction of sp³-hybridized carbons (Fsp3) is 0.538. The highest BCUT2D eigenvalue weighted by Crippen LogP contribution is 2.33. The van der Waals surface area contributed by atoms with Crippen molar-refractivity contribution in [2.75, 3.05) is 18.4 Å². The Labute approximate surface area is 125 Å². The number of halogens is 2. The number of anilines is 1. The first-order chi connectivity index (χ1) is 9.13. The van der Waals surface area contributed by atoms with Crippen molar-refractivity contribution in [3.05, 3.63) is 21.8 Å². The van der Waals surface area contributed by atoms with Gasteiger partial charge in [0.15, 0.2) is 0 Å². The number of nitrogens with zero attached hydrogens (tertiary/aromatic N) is 2. The molecular weight excluding hydrogens is 330 g/mol. The van der Waals surface area contributed by atoms with Crippen LogP contribution in [0.5, 0.6) is 0 Å². The maximum atomic E-state index is 11.8. The van der Waals surface area contributed by atoms with Crippen LogP contribution in [0.4, 0.5) is 5.82 Å². The number of amides is 1. The lowest BCUT2D eigenvalue weighted by molar-refractivity contribution is -0.128. The van der Waals surface area contributed by atoms with Gasteiger partial charge in [0.25, 0.3) is 0 Å². The van der Waals surface area contributed by atoms with Gasteiger partial charge in [-0.1, -0.05) is 11.6 Å². The maximum Gasteiger partial charge on any atom is 0.223 e. The predicted octanol–water partition coefficient (Wildman–Crippen LogP) is 2.92. The highest BCUT2D eigenvalue weighted by atomic mass is 79.9. The van der Waals surface area contributed by atoms with Gasteiger partial charge in [-0.2, -0.15) is 0 Å².